The van der Waals surface area contributed by atoms with Crippen LogP contribution in [0, 0.1) is 17.1 Å². The minimum Gasteiger partial charge on any atom is -0.419 e. The van der Waals surface area contributed by atoms with Gasteiger partial charge in [0.2, 0.25) is 11.8 Å². The van der Waals surface area contributed by atoms with Gasteiger partial charge in [0.05, 0.1) is 11.1 Å². The molecule has 198 valence electrons. The molecule has 0 radical (unpaired) electrons. The lowest BCUT2D eigenvalue weighted by atomic mass is 9.94. The molecule has 7 nitrogen and oxygen atoms in total. The third-order valence-electron chi connectivity index (χ3n) is 7.30. The average molecular weight is 524 g/mol. The van der Waals surface area contributed by atoms with Gasteiger partial charge in [-0.25, -0.2) is 4.39 Å². The van der Waals surface area contributed by atoms with Crippen LogP contribution < -0.4 is 5.73 Å². The summed E-state index contributed by atoms with van der Waals surface area (Å²) in [7, 11) is 0. The molecule has 1 saturated heterocycles. The molecule has 1 unspecified atom stereocenters. The Kier molecular flexibility index (Phi) is 7.27. The van der Waals surface area contributed by atoms with Crippen LogP contribution in [0.4, 0.5) is 4.39 Å². The lowest BCUT2D eigenvalue weighted by Crippen LogP contribution is -2.35. The standard InChI is InChI=1S/C31H30FN5O2/c1-3-24-11-8-14-37(24)29(38)23-16-21(25-12-7-13-27(32)26(25)19-33)15-22(17-23)28-35-36-30(39-28)31(2,34)18-20-9-5-4-6-10-20/h4-7,9-10,12-13,15-17,24H,3,8,11,14,18,34H2,1-2H3/t24?,31-/m1/s1. The number of carbonyl (C=O) groups excluding carboxylic acids is 1. The van der Waals surface area contributed by atoms with Gasteiger partial charge in [-0.3, -0.25) is 4.79 Å². The van der Waals surface area contributed by atoms with Crippen molar-refractivity contribution in [2.45, 2.75) is 51.1 Å². The molecule has 2 heterocycles. The Morgan fingerprint density at radius 3 is 2.67 bits per heavy atom. The quantitative estimate of drug-likeness (QED) is 0.326. The number of likely N-dealkylation sites (tertiary alicyclic amines) is 1. The van der Waals surface area contributed by atoms with Crippen LogP contribution >= 0.6 is 0 Å². The topological polar surface area (TPSA) is 109 Å². The van der Waals surface area contributed by atoms with Crippen molar-refractivity contribution < 1.29 is 13.6 Å². The molecule has 4 aromatic rings. The number of aromatic nitrogens is 2. The average Bonchev–Trinajstić information content (AvgIpc) is 3.63. The van der Waals surface area contributed by atoms with Crippen LogP contribution in [0.2, 0.25) is 0 Å². The highest BCUT2D eigenvalue weighted by Gasteiger charge is 2.31. The first-order chi connectivity index (χ1) is 18.8. The summed E-state index contributed by atoms with van der Waals surface area (Å²) in [5, 5.41) is 18.2. The van der Waals surface area contributed by atoms with Crippen molar-refractivity contribution in [2.24, 2.45) is 5.73 Å². The first-order valence-corrected chi connectivity index (χ1v) is 13.1. The SMILES string of the molecule is CCC1CCCN1C(=O)c1cc(-c2nnc([C@](C)(N)Cc3ccccc3)o2)cc(-c2cccc(F)c2C#N)c1. The zero-order chi connectivity index (χ0) is 27.6. The Labute approximate surface area is 227 Å². The van der Waals surface area contributed by atoms with Gasteiger partial charge in [0.1, 0.15) is 11.9 Å². The van der Waals surface area contributed by atoms with E-state index in [1.165, 1.54) is 6.07 Å². The smallest absolute Gasteiger partial charge is 0.254 e. The van der Waals surface area contributed by atoms with Crippen molar-refractivity contribution in [2.75, 3.05) is 6.54 Å². The van der Waals surface area contributed by atoms with E-state index >= 15 is 0 Å². The second kappa shape index (κ2) is 10.8. The molecule has 0 saturated carbocycles. The molecule has 2 N–H and O–H groups in total. The molecule has 1 aliphatic rings. The molecule has 0 bridgehead atoms. The Morgan fingerprint density at radius 2 is 1.92 bits per heavy atom. The number of carbonyl (C=O) groups is 1. The third kappa shape index (κ3) is 5.31. The molecule has 39 heavy (non-hydrogen) atoms. The van der Waals surface area contributed by atoms with Gasteiger partial charge in [0, 0.05) is 29.3 Å². The first-order valence-electron chi connectivity index (χ1n) is 13.1. The van der Waals surface area contributed by atoms with Crippen LogP contribution in [0.1, 0.15) is 60.5 Å². The van der Waals surface area contributed by atoms with Crippen LogP contribution in [0.15, 0.2) is 71.1 Å². The summed E-state index contributed by atoms with van der Waals surface area (Å²) in [6.07, 6.45) is 3.26. The summed E-state index contributed by atoms with van der Waals surface area (Å²) in [6.45, 7) is 4.58. The van der Waals surface area contributed by atoms with Crippen molar-refractivity contribution in [1.29, 1.82) is 5.26 Å². The van der Waals surface area contributed by atoms with E-state index in [1.807, 2.05) is 48.2 Å². The summed E-state index contributed by atoms with van der Waals surface area (Å²) in [4.78, 5) is 15.6. The fourth-order valence-corrected chi connectivity index (χ4v) is 5.27. The minimum atomic E-state index is -0.927. The summed E-state index contributed by atoms with van der Waals surface area (Å²) >= 11 is 0. The maximum Gasteiger partial charge on any atom is 0.254 e. The van der Waals surface area contributed by atoms with Crippen molar-refractivity contribution in [3.05, 3.63) is 95.1 Å². The first kappa shape index (κ1) is 26.3. The van der Waals surface area contributed by atoms with E-state index in [4.69, 9.17) is 10.2 Å². The molecular formula is C31H30FN5O2. The van der Waals surface area contributed by atoms with Gasteiger partial charge in [-0.15, -0.1) is 10.2 Å². The number of nitrogens with zero attached hydrogens (tertiary/aromatic N) is 4. The van der Waals surface area contributed by atoms with E-state index in [2.05, 4.69) is 17.1 Å². The fraction of sp³-hybridized carbons (Fsp3) is 0.290. The molecule has 3 aromatic carbocycles. The number of nitriles is 1. The third-order valence-corrected chi connectivity index (χ3v) is 7.30. The van der Waals surface area contributed by atoms with Gasteiger partial charge in [-0.2, -0.15) is 5.26 Å². The number of halogens is 1. The number of benzene rings is 3. The largest absolute Gasteiger partial charge is 0.419 e. The van der Waals surface area contributed by atoms with Crippen molar-refractivity contribution in [3.63, 3.8) is 0 Å². The lowest BCUT2D eigenvalue weighted by Gasteiger charge is -2.24. The van der Waals surface area contributed by atoms with E-state index < -0.39 is 11.4 Å². The molecule has 0 spiro atoms. The number of hydrogen-bond donors (Lipinski definition) is 1. The van der Waals surface area contributed by atoms with Crippen molar-refractivity contribution >= 4 is 5.91 Å². The summed E-state index contributed by atoms with van der Waals surface area (Å²) in [6, 6.07) is 21.5. The number of hydrogen-bond acceptors (Lipinski definition) is 6. The van der Waals surface area contributed by atoms with Gasteiger partial charge in [0.15, 0.2) is 0 Å². The molecule has 1 fully saturated rings. The number of amides is 1. The second-order valence-electron chi connectivity index (χ2n) is 10.3. The van der Waals surface area contributed by atoms with E-state index in [9.17, 15) is 14.4 Å². The zero-order valence-corrected chi connectivity index (χ0v) is 22.0. The maximum atomic E-state index is 14.5. The van der Waals surface area contributed by atoms with E-state index in [1.54, 1.807) is 30.3 Å². The maximum absolute atomic E-state index is 14.5. The van der Waals surface area contributed by atoms with Gasteiger partial charge < -0.3 is 15.1 Å². The van der Waals surface area contributed by atoms with Crippen LogP contribution in [0.25, 0.3) is 22.6 Å². The van der Waals surface area contributed by atoms with E-state index in [0.717, 1.165) is 24.8 Å². The molecule has 1 amide bonds. The number of nitrogens with two attached hydrogens (primary N) is 1. The van der Waals surface area contributed by atoms with Crippen molar-refractivity contribution in [3.8, 4) is 28.7 Å². The minimum absolute atomic E-state index is 0.0933. The van der Waals surface area contributed by atoms with Gasteiger partial charge >= 0.3 is 0 Å². The van der Waals surface area contributed by atoms with Gasteiger partial charge in [-0.05, 0) is 68.0 Å². The molecule has 1 aromatic heterocycles. The van der Waals surface area contributed by atoms with Crippen LogP contribution in [0.5, 0.6) is 0 Å². The normalized spacial score (nSPS) is 16.6. The molecule has 8 heteroatoms. The predicted octanol–water partition coefficient (Wildman–Crippen LogP) is 5.85. The second-order valence-corrected chi connectivity index (χ2v) is 10.3. The number of rotatable bonds is 7. The van der Waals surface area contributed by atoms with Gasteiger partial charge in [0.25, 0.3) is 5.91 Å². The van der Waals surface area contributed by atoms with Crippen LogP contribution in [0.3, 0.4) is 0 Å². The van der Waals surface area contributed by atoms with Crippen molar-refractivity contribution in [1.82, 2.24) is 15.1 Å². The molecule has 1 aliphatic heterocycles. The highest BCUT2D eigenvalue weighted by molar-refractivity contribution is 5.97. The zero-order valence-electron chi connectivity index (χ0n) is 22.0. The van der Waals surface area contributed by atoms with Crippen LogP contribution in [-0.4, -0.2) is 33.6 Å². The Morgan fingerprint density at radius 1 is 1.15 bits per heavy atom. The Hall–Kier alpha value is -4.35. The lowest BCUT2D eigenvalue weighted by molar-refractivity contribution is 0.0733. The molecule has 2 atom stereocenters. The fourth-order valence-electron chi connectivity index (χ4n) is 5.27. The summed E-state index contributed by atoms with van der Waals surface area (Å²) in [5.41, 5.74) is 8.40. The molecule has 0 aliphatic carbocycles. The summed E-state index contributed by atoms with van der Waals surface area (Å²) < 4.78 is 20.6. The monoisotopic (exact) mass is 523 g/mol. The molecular weight excluding hydrogens is 493 g/mol. The van der Waals surface area contributed by atoms with Crippen LogP contribution in [-0.2, 0) is 12.0 Å². The van der Waals surface area contributed by atoms with Gasteiger partial charge in [-0.1, -0.05) is 49.4 Å². The highest BCUT2D eigenvalue weighted by atomic mass is 19.1. The summed E-state index contributed by atoms with van der Waals surface area (Å²) in [5.74, 6) is -0.300. The Bertz CT molecular complexity index is 1540. The predicted molar refractivity (Wildman–Crippen MR) is 146 cm³/mol. The molecule has 5 rings (SSSR count). The highest BCUT2D eigenvalue weighted by Crippen LogP contribution is 2.33. The van der Waals surface area contributed by atoms with E-state index in [-0.39, 0.29) is 29.3 Å². The van der Waals surface area contributed by atoms with E-state index in [0.29, 0.717) is 35.2 Å². The Balaban J connectivity index is 1.58.